The van der Waals surface area contributed by atoms with Crippen LogP contribution in [-0.4, -0.2) is 48.0 Å². The number of nitrogens with zero attached hydrogens (tertiary/aromatic N) is 2. The van der Waals surface area contributed by atoms with Crippen LogP contribution >= 0.6 is 11.3 Å². The minimum Gasteiger partial charge on any atom is -0.381 e. The van der Waals surface area contributed by atoms with Crippen LogP contribution in [-0.2, 0) is 19.7 Å². The predicted molar refractivity (Wildman–Crippen MR) is 161 cm³/mol. The Hall–Kier alpha value is -3.55. The summed E-state index contributed by atoms with van der Waals surface area (Å²) in [7, 11) is 0. The van der Waals surface area contributed by atoms with Gasteiger partial charge < -0.3 is 15.0 Å². The van der Waals surface area contributed by atoms with Gasteiger partial charge >= 0.3 is 0 Å². The Morgan fingerprint density at radius 1 is 0.976 bits per heavy atom. The number of benzene rings is 3. The van der Waals surface area contributed by atoms with Crippen molar-refractivity contribution >= 4 is 39.1 Å². The molecule has 2 unspecified atom stereocenters. The van der Waals surface area contributed by atoms with Gasteiger partial charge in [0.15, 0.2) is 0 Å². The molecule has 2 amide bonds. The van der Waals surface area contributed by atoms with E-state index in [1.807, 2.05) is 42.5 Å². The lowest BCUT2D eigenvalue weighted by Gasteiger charge is -2.40. The fourth-order valence-electron chi connectivity index (χ4n) is 7.82. The van der Waals surface area contributed by atoms with Crippen molar-refractivity contribution in [1.82, 2.24) is 9.88 Å². The Balaban J connectivity index is 0.947. The molecule has 4 atom stereocenters. The summed E-state index contributed by atoms with van der Waals surface area (Å²) in [6.07, 6.45) is 3.36. The third-order valence-corrected chi connectivity index (χ3v) is 11.1. The number of carbonyl (C=O) groups excluding carboxylic acids is 2. The van der Waals surface area contributed by atoms with Gasteiger partial charge in [-0.25, -0.2) is 4.98 Å². The van der Waals surface area contributed by atoms with Gasteiger partial charge in [-0.15, -0.1) is 11.3 Å². The van der Waals surface area contributed by atoms with Gasteiger partial charge in [-0.3, -0.25) is 9.59 Å². The van der Waals surface area contributed by atoms with Crippen molar-refractivity contribution in [1.29, 1.82) is 0 Å². The number of hydrogen-bond acceptors (Lipinski definition) is 5. The van der Waals surface area contributed by atoms with Crippen LogP contribution < -0.4 is 5.32 Å². The number of rotatable bonds is 5. The minimum absolute atomic E-state index is 0.0402. The van der Waals surface area contributed by atoms with Crippen LogP contribution in [0.25, 0.3) is 20.8 Å². The van der Waals surface area contributed by atoms with Crippen molar-refractivity contribution in [3.8, 4) is 10.6 Å². The zero-order valence-electron chi connectivity index (χ0n) is 22.9. The first-order valence-corrected chi connectivity index (χ1v) is 15.6. The largest absolute Gasteiger partial charge is 0.381 e. The van der Waals surface area contributed by atoms with Gasteiger partial charge in [0.1, 0.15) is 5.01 Å². The van der Waals surface area contributed by atoms with Crippen molar-refractivity contribution in [3.63, 3.8) is 0 Å². The Labute approximate surface area is 243 Å². The van der Waals surface area contributed by atoms with E-state index in [0.717, 1.165) is 72.0 Å². The number of likely N-dealkylation sites (tertiary alicyclic amines) is 1. The first-order chi connectivity index (χ1) is 20.1. The van der Waals surface area contributed by atoms with E-state index in [0.29, 0.717) is 24.2 Å². The summed E-state index contributed by atoms with van der Waals surface area (Å²) in [4.78, 5) is 33.4. The molecule has 6 nitrogen and oxygen atoms in total. The van der Waals surface area contributed by atoms with Crippen LogP contribution in [0.1, 0.15) is 42.7 Å². The molecule has 2 saturated heterocycles. The topological polar surface area (TPSA) is 71.5 Å². The average molecular weight is 564 g/mol. The quantitative estimate of drug-likeness (QED) is 0.312. The third kappa shape index (κ3) is 4.37. The number of aromatic nitrogens is 1. The Kier molecular flexibility index (Phi) is 6.00. The summed E-state index contributed by atoms with van der Waals surface area (Å²) < 4.78 is 6.66. The van der Waals surface area contributed by atoms with Gasteiger partial charge in [0.2, 0.25) is 11.8 Å². The highest BCUT2D eigenvalue weighted by atomic mass is 32.1. The summed E-state index contributed by atoms with van der Waals surface area (Å²) in [5, 5.41) is 4.13. The molecule has 3 heterocycles. The molecule has 1 aromatic heterocycles. The summed E-state index contributed by atoms with van der Waals surface area (Å²) in [5.74, 6) is 1.66. The Bertz CT molecular complexity index is 1610. The molecule has 4 aliphatic rings. The fourth-order valence-corrected chi connectivity index (χ4v) is 8.78. The summed E-state index contributed by atoms with van der Waals surface area (Å²) >= 11 is 1.67. The number of anilines is 1. The van der Waals surface area contributed by atoms with Crippen LogP contribution in [0.3, 0.4) is 0 Å². The number of fused-ring (bicyclic) bond motifs is 4. The molecule has 7 heteroatoms. The van der Waals surface area contributed by atoms with Crippen molar-refractivity contribution < 1.29 is 14.3 Å². The molecular formula is C34H33N3O3S. The number of hydrogen-bond donors (Lipinski definition) is 1. The molecular weight excluding hydrogens is 530 g/mol. The predicted octanol–water partition coefficient (Wildman–Crippen LogP) is 6.23. The summed E-state index contributed by atoms with van der Waals surface area (Å²) in [5.41, 5.74) is 5.55. The molecule has 2 aliphatic carbocycles. The molecule has 1 spiro atoms. The van der Waals surface area contributed by atoms with Gasteiger partial charge in [-0.1, -0.05) is 48.5 Å². The average Bonchev–Trinajstić information content (AvgIpc) is 3.33. The molecule has 208 valence electrons. The lowest BCUT2D eigenvalue weighted by atomic mass is 9.73. The van der Waals surface area contributed by atoms with Crippen LogP contribution in [0.2, 0.25) is 0 Å². The van der Waals surface area contributed by atoms with Crippen LogP contribution in [0, 0.1) is 17.8 Å². The lowest BCUT2D eigenvalue weighted by molar-refractivity contribution is -0.135. The fraction of sp³-hybridized carbons (Fsp3) is 0.382. The van der Waals surface area contributed by atoms with E-state index >= 15 is 0 Å². The third-order valence-electron chi connectivity index (χ3n) is 10.00. The maximum Gasteiger partial charge on any atom is 0.226 e. The number of ether oxygens (including phenoxy) is 1. The summed E-state index contributed by atoms with van der Waals surface area (Å²) in [6.45, 7) is 3.12. The molecule has 2 aliphatic heterocycles. The van der Waals surface area contributed by atoms with Gasteiger partial charge in [0, 0.05) is 36.7 Å². The maximum atomic E-state index is 13.4. The molecule has 1 saturated carbocycles. The molecule has 1 N–H and O–H groups in total. The van der Waals surface area contributed by atoms with E-state index in [4.69, 9.17) is 9.72 Å². The van der Waals surface area contributed by atoms with E-state index in [2.05, 4.69) is 40.5 Å². The molecule has 41 heavy (non-hydrogen) atoms. The Morgan fingerprint density at radius 2 is 1.76 bits per heavy atom. The maximum absolute atomic E-state index is 13.4. The van der Waals surface area contributed by atoms with E-state index in [1.54, 1.807) is 11.3 Å². The number of nitrogens with one attached hydrogen (secondary N) is 1. The van der Waals surface area contributed by atoms with E-state index in [9.17, 15) is 9.59 Å². The second kappa shape index (κ2) is 9.78. The highest BCUT2D eigenvalue weighted by molar-refractivity contribution is 7.21. The molecule has 3 aromatic carbocycles. The van der Waals surface area contributed by atoms with E-state index in [1.165, 1.54) is 11.1 Å². The zero-order chi connectivity index (χ0) is 27.6. The number of carbonyl (C=O) groups is 2. The Morgan fingerprint density at radius 3 is 2.59 bits per heavy atom. The minimum atomic E-state index is 0.0402. The van der Waals surface area contributed by atoms with Crippen LogP contribution in [0.5, 0.6) is 0 Å². The highest BCUT2D eigenvalue weighted by Gasteiger charge is 2.59. The number of amides is 2. The van der Waals surface area contributed by atoms with Gasteiger partial charge in [-0.05, 0) is 77.8 Å². The van der Waals surface area contributed by atoms with Crippen molar-refractivity contribution in [2.24, 2.45) is 17.8 Å². The normalized spacial score (nSPS) is 25.7. The van der Waals surface area contributed by atoms with Gasteiger partial charge in [-0.2, -0.15) is 0 Å². The first kappa shape index (κ1) is 25.2. The zero-order valence-corrected chi connectivity index (χ0v) is 23.7. The van der Waals surface area contributed by atoms with Gasteiger partial charge in [0.25, 0.3) is 0 Å². The molecule has 3 fully saturated rings. The highest BCUT2D eigenvalue weighted by Crippen LogP contribution is 2.55. The van der Waals surface area contributed by atoms with Crippen LogP contribution in [0.4, 0.5) is 5.69 Å². The van der Waals surface area contributed by atoms with Crippen molar-refractivity contribution in [2.75, 3.05) is 31.6 Å². The van der Waals surface area contributed by atoms with E-state index in [-0.39, 0.29) is 23.2 Å². The molecule has 0 bridgehead atoms. The number of thiazole rings is 1. The summed E-state index contributed by atoms with van der Waals surface area (Å²) in [6, 6.07) is 24.8. The second-order valence-corrected chi connectivity index (χ2v) is 13.3. The monoisotopic (exact) mass is 563 g/mol. The number of piperidine rings is 1. The smallest absolute Gasteiger partial charge is 0.226 e. The number of para-hydroxylation sites is 1. The first-order valence-electron chi connectivity index (χ1n) is 14.8. The van der Waals surface area contributed by atoms with E-state index < -0.39 is 0 Å². The van der Waals surface area contributed by atoms with Gasteiger partial charge in [0.05, 0.1) is 23.4 Å². The second-order valence-electron chi connectivity index (χ2n) is 12.3. The lowest BCUT2D eigenvalue weighted by Crippen LogP contribution is -2.45. The molecule has 8 rings (SSSR count). The van der Waals surface area contributed by atoms with Crippen LogP contribution in [0.15, 0.2) is 72.8 Å². The standard InChI is InChI=1S/C34H33N3O3S/c38-30(35-23-7-5-6-21(16-23)32-36-28-10-3-4-11-29(28)41-32)17-22-18-34(27-9-2-1-8-24(22)27)12-14-37(15-13-34)33(39)31-25-19-40-20-26(25)31/h1-11,16,22,25-26,31H,12-15,17-20H2,(H,35,38)/t22?,25-,26+,31?. The molecule has 4 aromatic rings. The van der Waals surface area contributed by atoms with Crippen molar-refractivity contribution in [2.45, 2.75) is 37.0 Å². The SMILES string of the molecule is O=C(CC1CC2(CCN(C(=O)C3[C@H]4COC[C@@H]34)CC2)c2ccccc21)Nc1cccc(-c2nc3ccccc3s2)c1. The molecule has 0 radical (unpaired) electrons. The van der Waals surface area contributed by atoms with Crippen molar-refractivity contribution in [3.05, 3.63) is 83.9 Å².